The van der Waals surface area contributed by atoms with Crippen molar-refractivity contribution in [1.82, 2.24) is 4.90 Å². The van der Waals surface area contributed by atoms with Gasteiger partial charge in [0.25, 0.3) is 5.91 Å². The van der Waals surface area contributed by atoms with E-state index in [1.165, 1.54) is 0 Å². The molecule has 1 aromatic carbocycles. The number of carbonyl (C=O) groups excluding carboxylic acids is 1. The van der Waals surface area contributed by atoms with Crippen LogP contribution in [0.5, 0.6) is 11.5 Å². The molecule has 0 aromatic heterocycles. The summed E-state index contributed by atoms with van der Waals surface area (Å²) in [5.41, 5.74) is 0. The molecule has 1 N–H and O–H groups in total. The van der Waals surface area contributed by atoms with Gasteiger partial charge in [0.05, 0.1) is 5.92 Å². The van der Waals surface area contributed by atoms with Crippen molar-refractivity contribution >= 4 is 11.9 Å². The summed E-state index contributed by atoms with van der Waals surface area (Å²) >= 11 is 0. The van der Waals surface area contributed by atoms with E-state index in [0.29, 0.717) is 24.3 Å². The Morgan fingerprint density at radius 3 is 2.43 bits per heavy atom. The molecule has 23 heavy (non-hydrogen) atoms. The van der Waals surface area contributed by atoms with Gasteiger partial charge in [-0.15, -0.1) is 0 Å². The van der Waals surface area contributed by atoms with Crippen LogP contribution in [0.1, 0.15) is 26.7 Å². The number of carbonyl (C=O) groups is 2. The van der Waals surface area contributed by atoms with E-state index in [0.717, 1.165) is 0 Å². The highest BCUT2D eigenvalue weighted by Crippen LogP contribution is 2.34. The number of rotatable bonds is 2. The third-order valence-corrected chi connectivity index (χ3v) is 4.60. The van der Waals surface area contributed by atoms with Gasteiger partial charge in [0.2, 0.25) is 6.10 Å². The number of hydrogen-bond donors (Lipinski definition) is 1. The first kappa shape index (κ1) is 15.6. The van der Waals surface area contributed by atoms with E-state index in [-0.39, 0.29) is 18.5 Å². The van der Waals surface area contributed by atoms with E-state index < -0.39 is 24.1 Å². The minimum atomic E-state index is -0.853. The van der Waals surface area contributed by atoms with Crippen LogP contribution in [0, 0.1) is 5.92 Å². The van der Waals surface area contributed by atoms with Crippen molar-refractivity contribution in [3.8, 4) is 11.5 Å². The first-order valence-electron chi connectivity index (χ1n) is 7.93. The Hall–Kier alpha value is -2.24. The maximum absolute atomic E-state index is 12.9. The Kier molecular flexibility index (Phi) is 4.15. The number of amides is 1. The second kappa shape index (κ2) is 6.10. The first-order valence-corrected chi connectivity index (χ1v) is 7.93. The summed E-state index contributed by atoms with van der Waals surface area (Å²) in [6, 6.07) is 7.24. The smallest absolute Gasteiger partial charge is 0.308 e. The lowest BCUT2D eigenvalue weighted by Gasteiger charge is -2.40. The Balaban J connectivity index is 1.78. The molecule has 1 saturated heterocycles. The highest BCUT2D eigenvalue weighted by molar-refractivity contribution is 5.83. The number of carboxylic acid groups (broad SMARTS) is 1. The van der Waals surface area contributed by atoms with E-state index in [2.05, 4.69) is 0 Å². The van der Waals surface area contributed by atoms with Gasteiger partial charge < -0.3 is 19.5 Å². The lowest BCUT2D eigenvalue weighted by atomic mass is 9.92. The number of likely N-dealkylation sites (tertiary alicyclic amines) is 1. The number of carboxylic acids is 1. The standard InChI is InChI=1S/C17H21NO5/c1-10-7-8-12(17(20)21)9-18(10)16(19)15-11(2)22-13-5-3-4-6-14(13)23-15/h3-6,10-12,15H,7-9H2,1-2H3,(H,20,21). The maximum Gasteiger partial charge on any atom is 0.308 e. The number of para-hydroxylation sites is 2. The molecule has 0 spiro atoms. The number of fused-ring (bicyclic) bond motifs is 1. The van der Waals surface area contributed by atoms with Gasteiger partial charge in [-0.3, -0.25) is 9.59 Å². The molecule has 1 aromatic rings. The van der Waals surface area contributed by atoms with Crippen LogP contribution in [-0.2, 0) is 9.59 Å². The summed E-state index contributed by atoms with van der Waals surface area (Å²) in [5, 5.41) is 9.22. The van der Waals surface area contributed by atoms with Crippen LogP contribution in [0.2, 0.25) is 0 Å². The summed E-state index contributed by atoms with van der Waals surface area (Å²) in [6.45, 7) is 3.96. The fraction of sp³-hybridized carbons (Fsp3) is 0.529. The molecule has 4 atom stereocenters. The molecule has 4 unspecified atom stereocenters. The molecule has 0 aliphatic carbocycles. The van der Waals surface area contributed by atoms with E-state index >= 15 is 0 Å². The molecule has 0 saturated carbocycles. The number of nitrogens with zero attached hydrogens (tertiary/aromatic N) is 1. The van der Waals surface area contributed by atoms with Gasteiger partial charge in [-0.25, -0.2) is 0 Å². The van der Waals surface area contributed by atoms with E-state index in [4.69, 9.17) is 9.47 Å². The van der Waals surface area contributed by atoms with Crippen molar-refractivity contribution in [2.24, 2.45) is 5.92 Å². The van der Waals surface area contributed by atoms with E-state index in [1.54, 1.807) is 24.0 Å². The fourth-order valence-electron chi connectivity index (χ4n) is 3.17. The number of ether oxygens (including phenoxy) is 2. The van der Waals surface area contributed by atoms with Crippen LogP contribution in [0.3, 0.4) is 0 Å². The molecule has 0 bridgehead atoms. The monoisotopic (exact) mass is 319 g/mol. The molecular weight excluding hydrogens is 298 g/mol. The Morgan fingerprint density at radius 1 is 1.13 bits per heavy atom. The molecule has 0 radical (unpaired) electrons. The molecule has 124 valence electrons. The van der Waals surface area contributed by atoms with Crippen LogP contribution in [0.15, 0.2) is 24.3 Å². The zero-order valence-electron chi connectivity index (χ0n) is 13.3. The average Bonchev–Trinajstić information content (AvgIpc) is 2.53. The Labute approximate surface area is 135 Å². The van der Waals surface area contributed by atoms with Crippen LogP contribution >= 0.6 is 0 Å². The third-order valence-electron chi connectivity index (χ3n) is 4.60. The normalized spacial score (nSPS) is 29.9. The molecule has 1 amide bonds. The van der Waals surface area contributed by atoms with Gasteiger partial charge >= 0.3 is 5.97 Å². The minimum absolute atomic E-state index is 0.00562. The number of hydrogen-bond acceptors (Lipinski definition) is 4. The van der Waals surface area contributed by atoms with Crippen molar-refractivity contribution in [3.63, 3.8) is 0 Å². The van der Waals surface area contributed by atoms with Crippen molar-refractivity contribution in [2.75, 3.05) is 6.54 Å². The number of piperidine rings is 1. The highest BCUT2D eigenvalue weighted by Gasteiger charge is 2.41. The quantitative estimate of drug-likeness (QED) is 0.901. The SMILES string of the molecule is CC1Oc2ccccc2OC1C(=O)N1CC(C(=O)O)CCC1C. The molecule has 3 rings (SSSR count). The Morgan fingerprint density at radius 2 is 1.78 bits per heavy atom. The van der Waals surface area contributed by atoms with Gasteiger partial charge in [-0.1, -0.05) is 12.1 Å². The van der Waals surface area contributed by atoms with Gasteiger partial charge in [-0.2, -0.15) is 0 Å². The van der Waals surface area contributed by atoms with Crippen molar-refractivity contribution in [2.45, 2.75) is 44.9 Å². The Bertz CT molecular complexity index is 617. The van der Waals surface area contributed by atoms with E-state index in [1.807, 2.05) is 19.1 Å². The second-order valence-corrected chi connectivity index (χ2v) is 6.26. The first-order chi connectivity index (χ1) is 11.0. The molecule has 6 heteroatoms. The molecule has 6 nitrogen and oxygen atoms in total. The van der Waals surface area contributed by atoms with Crippen LogP contribution in [-0.4, -0.2) is 46.7 Å². The summed E-state index contributed by atoms with van der Waals surface area (Å²) in [7, 11) is 0. The topological polar surface area (TPSA) is 76.1 Å². The second-order valence-electron chi connectivity index (χ2n) is 6.26. The van der Waals surface area contributed by atoms with Gasteiger partial charge in [-0.05, 0) is 38.8 Å². The third kappa shape index (κ3) is 2.98. The zero-order chi connectivity index (χ0) is 16.6. The van der Waals surface area contributed by atoms with Crippen LogP contribution in [0.4, 0.5) is 0 Å². The predicted molar refractivity (Wildman–Crippen MR) is 82.5 cm³/mol. The molecular formula is C17H21NO5. The van der Waals surface area contributed by atoms with Crippen LogP contribution in [0.25, 0.3) is 0 Å². The van der Waals surface area contributed by atoms with Crippen molar-refractivity contribution in [1.29, 1.82) is 0 Å². The molecule has 2 aliphatic rings. The number of aliphatic carboxylic acids is 1. The number of benzene rings is 1. The van der Waals surface area contributed by atoms with Gasteiger partial charge in [0, 0.05) is 12.6 Å². The highest BCUT2D eigenvalue weighted by atomic mass is 16.6. The molecule has 2 heterocycles. The lowest BCUT2D eigenvalue weighted by Crippen LogP contribution is -2.56. The lowest BCUT2D eigenvalue weighted by molar-refractivity contribution is -0.153. The molecule has 2 aliphatic heterocycles. The summed E-state index contributed by atoms with van der Waals surface area (Å²) in [6.07, 6.45) is 0.108. The van der Waals surface area contributed by atoms with Gasteiger partial charge in [0.1, 0.15) is 6.10 Å². The largest absolute Gasteiger partial charge is 0.482 e. The summed E-state index contributed by atoms with van der Waals surface area (Å²) in [4.78, 5) is 25.7. The summed E-state index contributed by atoms with van der Waals surface area (Å²) < 4.78 is 11.6. The fourth-order valence-corrected chi connectivity index (χ4v) is 3.17. The summed E-state index contributed by atoms with van der Waals surface area (Å²) in [5.74, 6) is -0.399. The van der Waals surface area contributed by atoms with E-state index in [9.17, 15) is 14.7 Å². The predicted octanol–water partition coefficient (Wildman–Crippen LogP) is 1.93. The van der Waals surface area contributed by atoms with Crippen LogP contribution < -0.4 is 9.47 Å². The van der Waals surface area contributed by atoms with Crippen molar-refractivity contribution in [3.05, 3.63) is 24.3 Å². The minimum Gasteiger partial charge on any atom is -0.482 e. The van der Waals surface area contributed by atoms with Gasteiger partial charge in [0.15, 0.2) is 11.5 Å². The zero-order valence-corrected chi connectivity index (χ0v) is 13.3. The maximum atomic E-state index is 12.9. The average molecular weight is 319 g/mol. The molecule has 1 fully saturated rings. The van der Waals surface area contributed by atoms with Crippen molar-refractivity contribution < 1.29 is 24.2 Å².